The number of hydrogen-bond acceptors (Lipinski definition) is 4. The van der Waals surface area contributed by atoms with E-state index in [0.29, 0.717) is 19.7 Å². The van der Waals surface area contributed by atoms with Crippen molar-refractivity contribution < 1.29 is 14.9 Å². The van der Waals surface area contributed by atoms with Gasteiger partial charge in [0.25, 0.3) is 0 Å². The molecule has 0 unspecified atom stereocenters. The summed E-state index contributed by atoms with van der Waals surface area (Å²) in [4.78, 5) is 2.09. The third-order valence-corrected chi connectivity index (χ3v) is 6.73. The molecule has 146 valence electrons. The van der Waals surface area contributed by atoms with Crippen molar-refractivity contribution in [2.75, 3.05) is 26.3 Å². The lowest BCUT2D eigenvalue weighted by molar-refractivity contribution is -0.113. The molecular weight excluding hydrogens is 326 g/mol. The van der Waals surface area contributed by atoms with Gasteiger partial charge in [0.05, 0.1) is 25.4 Å². The Morgan fingerprint density at radius 3 is 2.58 bits per heavy atom. The van der Waals surface area contributed by atoms with Crippen LogP contribution in [-0.2, 0) is 11.3 Å². The van der Waals surface area contributed by atoms with E-state index in [1.807, 2.05) is 18.2 Å². The topological polar surface area (TPSA) is 52.9 Å². The summed E-state index contributed by atoms with van der Waals surface area (Å²) in [6, 6.07) is 10.2. The van der Waals surface area contributed by atoms with Crippen LogP contribution in [-0.4, -0.2) is 53.6 Å². The Balaban J connectivity index is 1.53. The van der Waals surface area contributed by atoms with E-state index in [9.17, 15) is 10.2 Å². The predicted octanol–water partition coefficient (Wildman–Crippen LogP) is 3.07. The Bertz CT molecular complexity index is 571. The number of aliphatic hydroxyl groups is 2. The highest BCUT2D eigenvalue weighted by Crippen LogP contribution is 2.63. The van der Waals surface area contributed by atoms with Crippen LogP contribution in [0.2, 0.25) is 0 Å². The zero-order valence-electron chi connectivity index (χ0n) is 16.5. The van der Waals surface area contributed by atoms with E-state index < -0.39 is 6.10 Å². The van der Waals surface area contributed by atoms with Gasteiger partial charge in [-0.1, -0.05) is 51.1 Å². The zero-order valence-corrected chi connectivity index (χ0v) is 16.5. The molecule has 2 N–H and O–H groups in total. The van der Waals surface area contributed by atoms with Gasteiger partial charge < -0.3 is 14.9 Å². The summed E-state index contributed by atoms with van der Waals surface area (Å²) in [5.74, 6) is 0.749. The summed E-state index contributed by atoms with van der Waals surface area (Å²) in [5.41, 5.74) is 1.65. The van der Waals surface area contributed by atoms with E-state index in [2.05, 4.69) is 37.8 Å². The normalized spacial score (nSPS) is 30.8. The fraction of sp³-hybridized carbons (Fsp3) is 0.727. The summed E-state index contributed by atoms with van der Waals surface area (Å²) in [5, 5.41) is 19.9. The fourth-order valence-corrected chi connectivity index (χ4v) is 5.45. The van der Waals surface area contributed by atoms with Crippen LogP contribution < -0.4 is 0 Å². The average molecular weight is 362 g/mol. The molecule has 2 fully saturated rings. The van der Waals surface area contributed by atoms with Crippen LogP contribution in [0.15, 0.2) is 30.3 Å². The summed E-state index contributed by atoms with van der Waals surface area (Å²) in [6.07, 6.45) is 3.50. The van der Waals surface area contributed by atoms with Gasteiger partial charge in [-0.15, -0.1) is 0 Å². The second-order valence-corrected chi connectivity index (χ2v) is 9.23. The molecule has 0 amide bonds. The van der Waals surface area contributed by atoms with E-state index in [-0.39, 0.29) is 23.5 Å². The second-order valence-electron chi connectivity index (χ2n) is 9.23. The molecule has 0 aromatic heterocycles. The van der Waals surface area contributed by atoms with E-state index >= 15 is 0 Å². The molecule has 4 heteroatoms. The van der Waals surface area contributed by atoms with Crippen LogP contribution in [0, 0.1) is 16.7 Å². The van der Waals surface area contributed by atoms with Crippen molar-refractivity contribution in [3.63, 3.8) is 0 Å². The largest absolute Gasteiger partial charge is 0.395 e. The number of ether oxygens (including phenoxy) is 1. The number of fused-ring (bicyclic) bond motifs is 2. The van der Waals surface area contributed by atoms with Crippen molar-refractivity contribution in [1.82, 2.24) is 4.90 Å². The van der Waals surface area contributed by atoms with Gasteiger partial charge in [-0.2, -0.15) is 0 Å². The van der Waals surface area contributed by atoms with Crippen molar-refractivity contribution >= 4 is 0 Å². The van der Waals surface area contributed by atoms with Crippen molar-refractivity contribution in [3.8, 4) is 0 Å². The standard InChI is InChI=1S/C22H35NO3/c1-21(2)18-9-10-22(3,13-18)20(21)26-16-19(25)15-23(11-12-24)14-17-7-5-4-6-8-17/h4-8,18-20,24-25H,9-16H2,1-3H3/t18-,19-,20-,22+/m1/s1. The molecule has 0 aliphatic heterocycles. The number of benzene rings is 1. The fourth-order valence-electron chi connectivity index (χ4n) is 5.45. The molecule has 0 saturated heterocycles. The van der Waals surface area contributed by atoms with Gasteiger partial charge in [0.1, 0.15) is 0 Å². The monoisotopic (exact) mass is 361 g/mol. The SMILES string of the molecule is CC1(C)[C@@H]2CC[C@@](C)(C2)[C@@H]1OC[C@H](O)CN(CCO)Cc1ccccc1. The van der Waals surface area contributed by atoms with Crippen LogP contribution in [0.5, 0.6) is 0 Å². The molecule has 1 aromatic rings. The van der Waals surface area contributed by atoms with E-state index in [0.717, 1.165) is 12.5 Å². The highest BCUT2D eigenvalue weighted by atomic mass is 16.5. The molecule has 0 radical (unpaired) electrons. The van der Waals surface area contributed by atoms with Crippen LogP contribution in [0.3, 0.4) is 0 Å². The molecule has 2 aliphatic carbocycles. The van der Waals surface area contributed by atoms with Gasteiger partial charge in [0.2, 0.25) is 0 Å². The van der Waals surface area contributed by atoms with Crippen molar-refractivity contribution in [3.05, 3.63) is 35.9 Å². The first-order valence-corrected chi connectivity index (χ1v) is 10.0. The quantitative estimate of drug-likeness (QED) is 0.710. The molecule has 0 heterocycles. The lowest BCUT2D eigenvalue weighted by atomic mass is 9.70. The smallest absolute Gasteiger partial charge is 0.0900 e. The Labute approximate surface area is 158 Å². The maximum atomic E-state index is 10.6. The number of hydrogen-bond donors (Lipinski definition) is 2. The molecule has 0 spiro atoms. The molecule has 2 saturated carbocycles. The third kappa shape index (κ3) is 4.14. The van der Waals surface area contributed by atoms with Crippen LogP contribution in [0.1, 0.15) is 45.6 Å². The molecule has 1 aromatic carbocycles. The number of nitrogens with zero attached hydrogens (tertiary/aromatic N) is 1. The van der Waals surface area contributed by atoms with Gasteiger partial charge in [0.15, 0.2) is 0 Å². The minimum atomic E-state index is -0.538. The molecule has 2 aliphatic rings. The molecule has 3 rings (SSSR count). The Hall–Kier alpha value is -0.940. The molecule has 4 atom stereocenters. The van der Waals surface area contributed by atoms with Crippen molar-refractivity contribution in [1.29, 1.82) is 0 Å². The highest BCUT2D eigenvalue weighted by molar-refractivity contribution is 5.14. The predicted molar refractivity (Wildman–Crippen MR) is 104 cm³/mol. The lowest BCUT2D eigenvalue weighted by Gasteiger charge is -2.42. The maximum absolute atomic E-state index is 10.6. The molecule has 4 nitrogen and oxygen atoms in total. The summed E-state index contributed by atoms with van der Waals surface area (Å²) in [6.45, 7) is 9.27. The Kier molecular flexibility index (Phi) is 6.07. The minimum absolute atomic E-state index is 0.0931. The van der Waals surface area contributed by atoms with Gasteiger partial charge >= 0.3 is 0 Å². The van der Waals surface area contributed by atoms with Crippen LogP contribution in [0.25, 0.3) is 0 Å². The summed E-state index contributed by atoms with van der Waals surface area (Å²) in [7, 11) is 0. The van der Waals surface area contributed by atoms with Gasteiger partial charge in [-0.25, -0.2) is 0 Å². The third-order valence-electron chi connectivity index (χ3n) is 6.73. The summed E-state index contributed by atoms with van der Waals surface area (Å²) >= 11 is 0. The van der Waals surface area contributed by atoms with Crippen LogP contribution in [0.4, 0.5) is 0 Å². The maximum Gasteiger partial charge on any atom is 0.0900 e. The van der Waals surface area contributed by atoms with Gasteiger partial charge in [0, 0.05) is 19.6 Å². The first-order valence-electron chi connectivity index (χ1n) is 10.0. The number of aliphatic hydroxyl groups excluding tert-OH is 2. The second kappa shape index (κ2) is 7.97. The van der Waals surface area contributed by atoms with Crippen LogP contribution >= 0.6 is 0 Å². The lowest BCUT2D eigenvalue weighted by Crippen LogP contribution is -2.45. The summed E-state index contributed by atoms with van der Waals surface area (Å²) < 4.78 is 6.31. The first kappa shape index (κ1) is 19.8. The average Bonchev–Trinajstić information content (AvgIpc) is 3.06. The zero-order chi connectivity index (χ0) is 18.8. The molecule has 2 bridgehead atoms. The van der Waals surface area contributed by atoms with Crippen molar-refractivity contribution in [2.24, 2.45) is 16.7 Å². The van der Waals surface area contributed by atoms with E-state index in [1.54, 1.807) is 0 Å². The van der Waals surface area contributed by atoms with E-state index in [4.69, 9.17) is 4.74 Å². The Morgan fingerprint density at radius 1 is 1.23 bits per heavy atom. The minimum Gasteiger partial charge on any atom is -0.395 e. The number of rotatable bonds is 9. The van der Waals surface area contributed by atoms with Crippen molar-refractivity contribution in [2.45, 2.75) is 58.8 Å². The van der Waals surface area contributed by atoms with Gasteiger partial charge in [-0.05, 0) is 41.6 Å². The molecular formula is C22H35NO3. The van der Waals surface area contributed by atoms with Gasteiger partial charge in [-0.3, -0.25) is 4.90 Å². The van der Waals surface area contributed by atoms with E-state index in [1.165, 1.54) is 24.8 Å². The molecule has 26 heavy (non-hydrogen) atoms. The highest BCUT2D eigenvalue weighted by Gasteiger charge is 2.60. The Morgan fingerprint density at radius 2 is 1.96 bits per heavy atom. The first-order chi connectivity index (χ1) is 12.3.